The highest BCUT2D eigenvalue weighted by Crippen LogP contribution is 2.23. The van der Waals surface area contributed by atoms with Gasteiger partial charge in [0, 0.05) is 6.42 Å². The van der Waals surface area contributed by atoms with Crippen LogP contribution in [0.4, 0.5) is 5.00 Å². The molecule has 0 radical (unpaired) electrons. The average Bonchev–Trinajstić information content (AvgIpc) is 2.31. The van der Waals surface area contributed by atoms with Crippen molar-refractivity contribution in [3.8, 4) is 11.8 Å². The minimum absolute atomic E-state index is 0.203. The number of rotatable bonds is 0. The lowest BCUT2D eigenvalue weighted by molar-refractivity contribution is -0.111. The second kappa shape index (κ2) is 2.40. The highest BCUT2D eigenvalue weighted by atomic mass is 32.1. The number of carbonyl (C=O) groups is 1. The summed E-state index contributed by atoms with van der Waals surface area (Å²) in [4.78, 5) is 10.9. The van der Waals surface area contributed by atoms with E-state index >= 15 is 0 Å². The van der Waals surface area contributed by atoms with Crippen LogP contribution in [0.5, 0.6) is 0 Å². The van der Waals surface area contributed by atoms with Crippen LogP contribution in [-0.4, -0.2) is 5.91 Å². The monoisotopic (exact) mass is 163 g/mol. The summed E-state index contributed by atoms with van der Waals surface area (Å²) in [5.74, 6) is 5.07. The highest BCUT2D eigenvalue weighted by Gasteiger charge is 2.07. The van der Waals surface area contributed by atoms with Crippen molar-refractivity contribution in [1.82, 2.24) is 0 Å². The minimum Gasteiger partial charge on any atom is -0.306 e. The van der Waals surface area contributed by atoms with Crippen LogP contribution in [0.1, 0.15) is 5.56 Å². The van der Waals surface area contributed by atoms with E-state index in [2.05, 4.69) is 17.2 Å². The van der Waals surface area contributed by atoms with Gasteiger partial charge in [0.1, 0.15) is 0 Å². The first kappa shape index (κ1) is 6.44. The van der Waals surface area contributed by atoms with Crippen LogP contribution >= 0.6 is 11.3 Å². The first-order chi connectivity index (χ1) is 5.36. The fourth-order valence-corrected chi connectivity index (χ4v) is 1.75. The summed E-state index contributed by atoms with van der Waals surface area (Å²) in [6.07, 6.45) is 0.678. The summed E-state index contributed by atoms with van der Waals surface area (Å²) in [5.41, 5.74) is 1.12. The molecule has 3 heteroatoms. The van der Waals surface area contributed by atoms with Crippen molar-refractivity contribution in [2.24, 2.45) is 0 Å². The fraction of sp³-hybridized carbons (Fsp3) is 0.125. The Morgan fingerprint density at radius 3 is 3.45 bits per heavy atom. The molecule has 0 unspecified atom stereocenters. The van der Waals surface area contributed by atoms with Crippen molar-refractivity contribution in [3.05, 3.63) is 17.0 Å². The summed E-state index contributed by atoms with van der Waals surface area (Å²) < 4.78 is 0. The van der Waals surface area contributed by atoms with E-state index in [4.69, 9.17) is 0 Å². The Kier molecular flexibility index (Phi) is 1.41. The number of thiophene rings is 1. The van der Waals surface area contributed by atoms with Crippen molar-refractivity contribution >= 4 is 22.2 Å². The molecule has 0 aliphatic carbocycles. The second-order valence-electron chi connectivity index (χ2n) is 2.21. The van der Waals surface area contributed by atoms with Crippen molar-refractivity contribution in [3.63, 3.8) is 0 Å². The van der Waals surface area contributed by atoms with E-state index in [1.165, 1.54) is 11.3 Å². The molecule has 1 aromatic rings. The Hall–Kier alpha value is -1.27. The van der Waals surface area contributed by atoms with Gasteiger partial charge in [0.15, 0.2) is 0 Å². The van der Waals surface area contributed by atoms with E-state index in [-0.39, 0.29) is 5.91 Å². The molecule has 54 valence electrons. The predicted molar refractivity (Wildman–Crippen MR) is 44.4 cm³/mol. The quantitative estimate of drug-likeness (QED) is 0.573. The van der Waals surface area contributed by atoms with Gasteiger partial charge in [-0.3, -0.25) is 4.79 Å². The lowest BCUT2D eigenvalue weighted by atomic mass is 10.2. The standard InChI is InChI=1S/C8H5NOS/c10-7-3-1-2-6-4-5-11-8(6)9-7/h4-5H,2H2,(H,9,10). The Balaban J connectivity index is 2.45. The molecule has 2 rings (SSSR count). The molecule has 0 fully saturated rings. The molecule has 0 aromatic carbocycles. The normalized spacial score (nSPS) is 14.0. The van der Waals surface area contributed by atoms with Gasteiger partial charge in [-0.2, -0.15) is 0 Å². The largest absolute Gasteiger partial charge is 0.306 e. The third-order valence-electron chi connectivity index (χ3n) is 1.45. The highest BCUT2D eigenvalue weighted by molar-refractivity contribution is 7.14. The number of hydrogen-bond acceptors (Lipinski definition) is 2. The van der Waals surface area contributed by atoms with Crippen molar-refractivity contribution in [1.29, 1.82) is 0 Å². The Labute approximate surface area is 68.2 Å². The van der Waals surface area contributed by atoms with Crippen LogP contribution in [0.25, 0.3) is 0 Å². The van der Waals surface area contributed by atoms with Crippen LogP contribution in [0.3, 0.4) is 0 Å². The van der Waals surface area contributed by atoms with Crippen LogP contribution < -0.4 is 5.32 Å². The molecule has 0 saturated carbocycles. The molecule has 1 aromatic heterocycles. The van der Waals surface area contributed by atoms with Gasteiger partial charge in [-0.15, -0.1) is 11.3 Å². The maximum atomic E-state index is 10.9. The fourth-order valence-electron chi connectivity index (χ4n) is 0.939. The Morgan fingerprint density at radius 1 is 1.64 bits per heavy atom. The van der Waals surface area contributed by atoms with Crippen molar-refractivity contribution in [2.75, 3.05) is 5.32 Å². The zero-order chi connectivity index (χ0) is 7.68. The lowest BCUT2D eigenvalue weighted by Gasteiger charge is -1.95. The predicted octanol–water partition coefficient (Wildman–Crippen LogP) is 1.25. The van der Waals surface area contributed by atoms with Gasteiger partial charge in [0.25, 0.3) is 0 Å². The van der Waals surface area contributed by atoms with Gasteiger partial charge in [0.05, 0.1) is 5.00 Å². The molecule has 1 aliphatic rings. The molecular weight excluding hydrogens is 158 g/mol. The minimum atomic E-state index is -0.203. The van der Waals surface area contributed by atoms with Gasteiger partial charge < -0.3 is 5.32 Å². The van der Waals surface area contributed by atoms with Gasteiger partial charge in [-0.05, 0) is 22.9 Å². The van der Waals surface area contributed by atoms with Crippen LogP contribution in [0.2, 0.25) is 0 Å². The summed E-state index contributed by atoms with van der Waals surface area (Å²) in [6.45, 7) is 0. The maximum absolute atomic E-state index is 10.9. The third kappa shape index (κ3) is 1.13. The van der Waals surface area contributed by atoms with E-state index in [9.17, 15) is 4.79 Å². The average molecular weight is 163 g/mol. The molecular formula is C8H5NOS. The van der Waals surface area contributed by atoms with E-state index in [0.29, 0.717) is 6.42 Å². The van der Waals surface area contributed by atoms with Crippen LogP contribution in [-0.2, 0) is 11.2 Å². The van der Waals surface area contributed by atoms with E-state index < -0.39 is 0 Å². The molecule has 1 aliphatic heterocycles. The van der Waals surface area contributed by atoms with Crippen molar-refractivity contribution in [2.45, 2.75) is 6.42 Å². The molecule has 1 amide bonds. The van der Waals surface area contributed by atoms with E-state index in [0.717, 1.165) is 10.6 Å². The van der Waals surface area contributed by atoms with E-state index in [1.807, 2.05) is 11.4 Å². The summed E-state index contributed by atoms with van der Waals surface area (Å²) >= 11 is 1.53. The van der Waals surface area contributed by atoms with Gasteiger partial charge >= 0.3 is 5.91 Å². The number of nitrogens with one attached hydrogen (secondary N) is 1. The zero-order valence-corrected chi connectivity index (χ0v) is 6.49. The zero-order valence-electron chi connectivity index (χ0n) is 5.68. The summed E-state index contributed by atoms with van der Waals surface area (Å²) in [6, 6.07) is 1.99. The van der Waals surface area contributed by atoms with Gasteiger partial charge in [-0.1, -0.05) is 5.92 Å². The number of fused-ring (bicyclic) bond motifs is 1. The Bertz CT molecular complexity index is 356. The summed E-state index contributed by atoms with van der Waals surface area (Å²) in [7, 11) is 0. The maximum Gasteiger partial charge on any atom is 0.300 e. The topological polar surface area (TPSA) is 29.1 Å². The molecule has 11 heavy (non-hydrogen) atoms. The van der Waals surface area contributed by atoms with E-state index in [1.54, 1.807) is 0 Å². The SMILES string of the molecule is O=C1C#CCc2ccsc2N1. The first-order valence-electron chi connectivity index (χ1n) is 3.22. The first-order valence-corrected chi connectivity index (χ1v) is 4.10. The molecule has 2 heterocycles. The molecule has 0 spiro atoms. The lowest BCUT2D eigenvalue weighted by Crippen LogP contribution is -2.06. The van der Waals surface area contributed by atoms with Gasteiger partial charge in [-0.25, -0.2) is 0 Å². The van der Waals surface area contributed by atoms with Crippen LogP contribution in [0, 0.1) is 11.8 Å². The van der Waals surface area contributed by atoms with Crippen molar-refractivity contribution < 1.29 is 4.79 Å². The second-order valence-corrected chi connectivity index (χ2v) is 3.12. The molecule has 0 bridgehead atoms. The third-order valence-corrected chi connectivity index (χ3v) is 2.33. The number of hydrogen-bond donors (Lipinski definition) is 1. The van der Waals surface area contributed by atoms with Gasteiger partial charge in [0.2, 0.25) is 0 Å². The molecule has 2 nitrogen and oxygen atoms in total. The van der Waals surface area contributed by atoms with Crippen LogP contribution in [0.15, 0.2) is 11.4 Å². The molecule has 0 saturated heterocycles. The number of anilines is 1. The molecule has 1 N–H and O–H groups in total. The Morgan fingerprint density at radius 2 is 2.55 bits per heavy atom. The molecule has 0 atom stereocenters. The summed E-state index contributed by atoms with van der Waals surface area (Å²) in [5, 5.41) is 5.59. The number of amides is 1. The smallest absolute Gasteiger partial charge is 0.300 e. The number of carbonyl (C=O) groups excluding carboxylic acids is 1.